The van der Waals surface area contributed by atoms with Crippen molar-refractivity contribution >= 4 is 11.6 Å². The molecule has 0 amide bonds. The van der Waals surface area contributed by atoms with Crippen molar-refractivity contribution in [2.75, 3.05) is 7.11 Å². The van der Waals surface area contributed by atoms with Gasteiger partial charge < -0.3 is 15.2 Å². The summed E-state index contributed by atoms with van der Waals surface area (Å²) in [6, 6.07) is 13.4. The molecule has 2 aromatic carbocycles. The van der Waals surface area contributed by atoms with E-state index in [-0.39, 0.29) is 12.1 Å². The largest absolute Gasteiger partial charge is 0.497 e. The van der Waals surface area contributed by atoms with Crippen LogP contribution in [0, 0.1) is 0 Å². The molecule has 2 N–H and O–H groups in total. The fraction of sp³-hybridized carbons (Fsp3) is 0.294. The molecule has 2 atom stereocenters. The number of fused-ring (bicyclic) bond motifs is 1. The quantitative estimate of drug-likeness (QED) is 0.939. The van der Waals surface area contributed by atoms with Crippen molar-refractivity contribution in [2.24, 2.45) is 5.73 Å². The molecule has 0 aromatic heterocycles. The fourth-order valence-corrected chi connectivity index (χ4v) is 2.93. The van der Waals surface area contributed by atoms with Gasteiger partial charge in [-0.15, -0.1) is 0 Å². The molecule has 3 rings (SSSR count). The van der Waals surface area contributed by atoms with Crippen LogP contribution in [0.3, 0.4) is 0 Å². The van der Waals surface area contributed by atoms with Gasteiger partial charge in [-0.2, -0.15) is 0 Å². The summed E-state index contributed by atoms with van der Waals surface area (Å²) < 4.78 is 11.3. The summed E-state index contributed by atoms with van der Waals surface area (Å²) in [5.41, 5.74) is 8.75. The van der Waals surface area contributed by atoms with E-state index in [4.69, 9.17) is 26.8 Å². The molecule has 0 bridgehead atoms. The molecule has 2 unspecified atom stereocenters. The van der Waals surface area contributed by atoms with Gasteiger partial charge in [-0.05, 0) is 48.2 Å². The topological polar surface area (TPSA) is 44.5 Å². The maximum Gasteiger partial charge on any atom is 0.138 e. The highest BCUT2D eigenvalue weighted by Gasteiger charge is 2.29. The van der Waals surface area contributed by atoms with Gasteiger partial charge in [0.25, 0.3) is 0 Å². The Balaban J connectivity index is 1.85. The van der Waals surface area contributed by atoms with E-state index in [9.17, 15) is 0 Å². The highest BCUT2D eigenvalue weighted by Crippen LogP contribution is 2.35. The molecule has 0 spiro atoms. The molecule has 0 radical (unpaired) electrons. The van der Waals surface area contributed by atoms with Crippen LogP contribution in [0.5, 0.6) is 11.5 Å². The Morgan fingerprint density at radius 1 is 1.19 bits per heavy atom. The monoisotopic (exact) mass is 303 g/mol. The molecular formula is C17H18ClNO2. The molecule has 1 aliphatic carbocycles. The average Bonchev–Trinajstić information content (AvgIpc) is 2.52. The molecule has 0 aliphatic heterocycles. The van der Waals surface area contributed by atoms with E-state index in [1.54, 1.807) is 7.11 Å². The van der Waals surface area contributed by atoms with Gasteiger partial charge in [0.05, 0.1) is 18.2 Å². The molecule has 21 heavy (non-hydrogen) atoms. The minimum absolute atomic E-state index is 0.0792. The second kappa shape index (κ2) is 5.96. The van der Waals surface area contributed by atoms with Crippen molar-refractivity contribution in [3.8, 4) is 11.5 Å². The van der Waals surface area contributed by atoms with E-state index in [2.05, 4.69) is 6.07 Å². The number of hydrogen-bond donors (Lipinski definition) is 1. The van der Waals surface area contributed by atoms with Crippen LogP contribution in [-0.2, 0) is 6.42 Å². The predicted octanol–water partition coefficient (Wildman–Crippen LogP) is 3.74. The van der Waals surface area contributed by atoms with E-state index in [1.165, 1.54) is 5.56 Å². The summed E-state index contributed by atoms with van der Waals surface area (Å²) in [5.74, 6) is 1.51. The Kier molecular flexibility index (Phi) is 4.04. The number of rotatable bonds is 3. The maximum atomic E-state index is 6.39. The highest BCUT2D eigenvalue weighted by molar-refractivity contribution is 6.32. The SMILES string of the molecule is COc1ccc2c(c1)C(N)C(Oc1ccccc1Cl)CC2. The number of halogens is 1. The molecule has 0 saturated heterocycles. The predicted molar refractivity (Wildman–Crippen MR) is 84.1 cm³/mol. The van der Waals surface area contributed by atoms with Crippen molar-refractivity contribution in [2.45, 2.75) is 25.0 Å². The molecule has 1 aliphatic rings. The number of nitrogens with two attached hydrogens (primary N) is 1. The zero-order valence-electron chi connectivity index (χ0n) is 11.9. The first-order valence-corrected chi connectivity index (χ1v) is 7.40. The number of ether oxygens (including phenoxy) is 2. The van der Waals surface area contributed by atoms with E-state index in [1.807, 2.05) is 36.4 Å². The van der Waals surface area contributed by atoms with Gasteiger partial charge >= 0.3 is 0 Å². The van der Waals surface area contributed by atoms with E-state index in [0.717, 1.165) is 24.2 Å². The van der Waals surface area contributed by atoms with Gasteiger partial charge in [0.2, 0.25) is 0 Å². The number of para-hydroxylation sites is 1. The first-order chi connectivity index (χ1) is 10.2. The van der Waals surface area contributed by atoms with Crippen molar-refractivity contribution in [1.82, 2.24) is 0 Å². The lowest BCUT2D eigenvalue weighted by molar-refractivity contribution is 0.153. The molecule has 3 nitrogen and oxygen atoms in total. The minimum atomic E-state index is -0.180. The number of methoxy groups -OCH3 is 1. The summed E-state index contributed by atoms with van der Waals surface area (Å²) in [5, 5.41) is 0.612. The second-order valence-electron chi connectivity index (χ2n) is 5.22. The summed E-state index contributed by atoms with van der Waals surface area (Å²) in [6.45, 7) is 0. The Morgan fingerprint density at radius 3 is 2.76 bits per heavy atom. The molecule has 110 valence electrons. The van der Waals surface area contributed by atoms with Crippen LogP contribution in [0.2, 0.25) is 5.02 Å². The van der Waals surface area contributed by atoms with Crippen LogP contribution in [0.1, 0.15) is 23.6 Å². The Bertz CT molecular complexity index is 644. The zero-order chi connectivity index (χ0) is 14.8. The second-order valence-corrected chi connectivity index (χ2v) is 5.62. The smallest absolute Gasteiger partial charge is 0.138 e. The van der Waals surface area contributed by atoms with Crippen molar-refractivity contribution in [3.05, 3.63) is 58.6 Å². The first kappa shape index (κ1) is 14.2. The van der Waals surface area contributed by atoms with Crippen LogP contribution in [0.25, 0.3) is 0 Å². The first-order valence-electron chi connectivity index (χ1n) is 7.02. The third-order valence-corrected chi connectivity index (χ3v) is 4.24. The van der Waals surface area contributed by atoms with Crippen LogP contribution >= 0.6 is 11.6 Å². The molecule has 0 saturated carbocycles. The maximum absolute atomic E-state index is 6.39. The van der Waals surface area contributed by atoms with Crippen molar-refractivity contribution in [3.63, 3.8) is 0 Å². The van der Waals surface area contributed by atoms with Gasteiger partial charge in [-0.3, -0.25) is 0 Å². The lowest BCUT2D eigenvalue weighted by Gasteiger charge is -2.31. The summed E-state index contributed by atoms with van der Waals surface area (Å²) in [6.07, 6.45) is 1.75. The number of benzene rings is 2. The molecular weight excluding hydrogens is 286 g/mol. The van der Waals surface area contributed by atoms with Crippen LogP contribution in [0.4, 0.5) is 0 Å². The number of aryl methyl sites for hydroxylation is 1. The van der Waals surface area contributed by atoms with E-state index in [0.29, 0.717) is 10.8 Å². The summed E-state index contributed by atoms with van der Waals surface area (Å²) in [4.78, 5) is 0. The van der Waals surface area contributed by atoms with Crippen LogP contribution in [-0.4, -0.2) is 13.2 Å². The van der Waals surface area contributed by atoms with E-state index >= 15 is 0 Å². The Morgan fingerprint density at radius 2 is 2.00 bits per heavy atom. The zero-order valence-corrected chi connectivity index (χ0v) is 12.6. The number of hydrogen-bond acceptors (Lipinski definition) is 3. The minimum Gasteiger partial charge on any atom is -0.497 e. The van der Waals surface area contributed by atoms with Crippen LogP contribution in [0.15, 0.2) is 42.5 Å². The van der Waals surface area contributed by atoms with Crippen molar-refractivity contribution in [1.29, 1.82) is 0 Å². The van der Waals surface area contributed by atoms with Gasteiger partial charge in [-0.25, -0.2) is 0 Å². The van der Waals surface area contributed by atoms with Gasteiger partial charge in [-0.1, -0.05) is 29.8 Å². The molecule has 2 aromatic rings. The molecule has 4 heteroatoms. The lowest BCUT2D eigenvalue weighted by atomic mass is 9.86. The molecule has 0 fully saturated rings. The van der Waals surface area contributed by atoms with Crippen molar-refractivity contribution < 1.29 is 9.47 Å². The summed E-state index contributed by atoms with van der Waals surface area (Å²) >= 11 is 6.15. The fourth-order valence-electron chi connectivity index (χ4n) is 2.75. The van der Waals surface area contributed by atoms with Gasteiger partial charge in [0, 0.05) is 0 Å². The summed E-state index contributed by atoms with van der Waals surface area (Å²) in [7, 11) is 1.66. The van der Waals surface area contributed by atoms with Crippen LogP contribution < -0.4 is 15.2 Å². The average molecular weight is 304 g/mol. The standard InChI is InChI=1S/C17H18ClNO2/c1-20-12-8-6-11-7-9-16(17(19)13(11)10-12)21-15-5-3-2-4-14(15)18/h2-6,8,10,16-17H,7,9,19H2,1H3. The van der Waals surface area contributed by atoms with E-state index < -0.39 is 0 Å². The Hall–Kier alpha value is -1.71. The third kappa shape index (κ3) is 2.85. The lowest BCUT2D eigenvalue weighted by Crippen LogP contribution is -2.36. The molecule has 0 heterocycles. The Labute approximate surface area is 129 Å². The normalized spacial score (nSPS) is 20.7. The van der Waals surface area contributed by atoms with Gasteiger partial charge in [0.1, 0.15) is 17.6 Å². The highest BCUT2D eigenvalue weighted by atomic mass is 35.5. The third-order valence-electron chi connectivity index (χ3n) is 3.93. The van der Waals surface area contributed by atoms with Gasteiger partial charge in [0.15, 0.2) is 0 Å².